The summed E-state index contributed by atoms with van der Waals surface area (Å²) < 4.78 is 0. The first-order chi connectivity index (χ1) is 9.02. The number of anilines is 2. The van der Waals surface area contributed by atoms with Crippen molar-refractivity contribution in [2.45, 2.75) is 19.9 Å². The van der Waals surface area contributed by atoms with Crippen molar-refractivity contribution in [2.75, 3.05) is 44.3 Å². The van der Waals surface area contributed by atoms with Crippen LogP contribution < -0.4 is 11.1 Å². The number of aromatic nitrogens is 1. The minimum atomic E-state index is -0.000229. The van der Waals surface area contributed by atoms with Gasteiger partial charge >= 0.3 is 0 Å². The zero-order chi connectivity index (χ0) is 14.0. The molecule has 1 aliphatic heterocycles. The Bertz CT molecular complexity index is 461. The topological polar surface area (TPSA) is 74.5 Å². The molecule has 0 aliphatic carbocycles. The average Bonchev–Trinajstić information content (AvgIpc) is 2.70. The Hall–Kier alpha value is -1.34. The van der Waals surface area contributed by atoms with Crippen LogP contribution in [0.2, 0.25) is 0 Å². The predicted octanol–water partition coefficient (Wildman–Crippen LogP) is 0.933. The lowest BCUT2D eigenvalue weighted by atomic mass is 10.2. The molecule has 3 N–H and O–H groups in total. The number of nitrogen functional groups attached to an aromatic ring is 1. The summed E-state index contributed by atoms with van der Waals surface area (Å²) >= 11 is 1.34. The van der Waals surface area contributed by atoms with Crippen molar-refractivity contribution in [2.24, 2.45) is 0 Å². The fraction of sp³-hybridized carbons (Fsp3) is 0.667. The van der Waals surface area contributed by atoms with Crippen LogP contribution in [0.4, 0.5) is 10.9 Å². The molecule has 1 fully saturated rings. The highest BCUT2D eigenvalue weighted by Crippen LogP contribution is 2.27. The largest absolute Gasteiger partial charge is 0.382 e. The van der Waals surface area contributed by atoms with E-state index in [1.807, 2.05) is 11.8 Å². The summed E-state index contributed by atoms with van der Waals surface area (Å²) in [4.78, 5) is 21.4. The van der Waals surface area contributed by atoms with Crippen LogP contribution in [0.1, 0.15) is 23.5 Å². The van der Waals surface area contributed by atoms with E-state index in [4.69, 9.17) is 5.73 Å². The van der Waals surface area contributed by atoms with Crippen LogP contribution in [0, 0.1) is 0 Å². The minimum Gasteiger partial charge on any atom is -0.382 e. The Labute approximate surface area is 117 Å². The van der Waals surface area contributed by atoms with Crippen molar-refractivity contribution in [3.63, 3.8) is 0 Å². The molecule has 0 bridgehead atoms. The molecule has 19 heavy (non-hydrogen) atoms. The van der Waals surface area contributed by atoms with Gasteiger partial charge in [-0.25, -0.2) is 4.98 Å². The fourth-order valence-corrected chi connectivity index (χ4v) is 3.19. The van der Waals surface area contributed by atoms with Gasteiger partial charge in [-0.1, -0.05) is 11.3 Å². The molecule has 0 spiro atoms. The van der Waals surface area contributed by atoms with Crippen molar-refractivity contribution >= 4 is 28.2 Å². The predicted molar refractivity (Wildman–Crippen MR) is 78.7 cm³/mol. The average molecular weight is 283 g/mol. The molecule has 2 heterocycles. The third kappa shape index (κ3) is 2.98. The number of nitrogens with zero attached hydrogens (tertiary/aromatic N) is 3. The van der Waals surface area contributed by atoms with Crippen LogP contribution in [-0.2, 0) is 0 Å². The van der Waals surface area contributed by atoms with Gasteiger partial charge in [0.1, 0.15) is 10.7 Å². The van der Waals surface area contributed by atoms with Gasteiger partial charge in [-0.15, -0.1) is 0 Å². The van der Waals surface area contributed by atoms with Gasteiger partial charge in [-0.05, 0) is 20.9 Å². The Morgan fingerprint density at radius 2 is 2.32 bits per heavy atom. The number of carbonyl (C=O) groups excluding carboxylic acids is 1. The molecule has 1 aliphatic rings. The van der Waals surface area contributed by atoms with E-state index in [1.54, 1.807) is 0 Å². The molecule has 0 saturated carbocycles. The highest BCUT2D eigenvalue weighted by atomic mass is 32.1. The maximum Gasteiger partial charge on any atom is 0.268 e. The molecule has 1 saturated heterocycles. The first kappa shape index (κ1) is 14.1. The molecule has 106 valence electrons. The van der Waals surface area contributed by atoms with Gasteiger partial charge in [-0.3, -0.25) is 4.79 Å². The van der Waals surface area contributed by atoms with Crippen LogP contribution in [-0.4, -0.2) is 60.0 Å². The van der Waals surface area contributed by atoms with E-state index in [-0.39, 0.29) is 11.9 Å². The SMILES string of the molecule is CCNc1nc(N)c(C(=O)N2CCN(C)CC2C)s1. The third-order valence-corrected chi connectivity index (χ3v) is 4.28. The number of thiazole rings is 1. The van der Waals surface area contributed by atoms with Gasteiger partial charge in [0.05, 0.1) is 0 Å². The van der Waals surface area contributed by atoms with Gasteiger partial charge in [0, 0.05) is 32.2 Å². The number of piperazine rings is 1. The second-order valence-corrected chi connectivity index (χ2v) is 5.87. The molecule has 1 unspecified atom stereocenters. The minimum absolute atomic E-state index is 0.000229. The molecular formula is C12H21N5OS. The van der Waals surface area contributed by atoms with E-state index in [0.29, 0.717) is 15.8 Å². The lowest BCUT2D eigenvalue weighted by molar-refractivity contribution is 0.0539. The van der Waals surface area contributed by atoms with Crippen molar-refractivity contribution in [1.29, 1.82) is 0 Å². The maximum absolute atomic E-state index is 12.5. The van der Waals surface area contributed by atoms with Crippen molar-refractivity contribution in [1.82, 2.24) is 14.8 Å². The van der Waals surface area contributed by atoms with E-state index in [1.165, 1.54) is 11.3 Å². The summed E-state index contributed by atoms with van der Waals surface area (Å²) in [7, 11) is 2.07. The Kier molecular flexibility index (Phi) is 4.26. The number of likely N-dealkylation sites (N-methyl/N-ethyl adjacent to an activating group) is 1. The number of carbonyl (C=O) groups is 1. The lowest BCUT2D eigenvalue weighted by Crippen LogP contribution is -2.52. The van der Waals surface area contributed by atoms with E-state index in [0.717, 1.165) is 26.2 Å². The van der Waals surface area contributed by atoms with Gasteiger partial charge in [0.25, 0.3) is 5.91 Å². The monoisotopic (exact) mass is 283 g/mol. The van der Waals surface area contributed by atoms with Gasteiger partial charge in [0.2, 0.25) is 0 Å². The molecule has 7 heteroatoms. The number of hydrogen-bond donors (Lipinski definition) is 2. The van der Waals surface area contributed by atoms with E-state index in [2.05, 4.69) is 29.2 Å². The van der Waals surface area contributed by atoms with Gasteiger partial charge in [0.15, 0.2) is 5.13 Å². The number of rotatable bonds is 3. The summed E-state index contributed by atoms with van der Waals surface area (Å²) in [6, 6.07) is 0.204. The first-order valence-electron chi connectivity index (χ1n) is 6.52. The Morgan fingerprint density at radius 1 is 1.58 bits per heavy atom. The van der Waals surface area contributed by atoms with Crippen LogP contribution in [0.25, 0.3) is 0 Å². The number of hydrogen-bond acceptors (Lipinski definition) is 6. The van der Waals surface area contributed by atoms with Crippen LogP contribution >= 0.6 is 11.3 Å². The summed E-state index contributed by atoms with van der Waals surface area (Å²) in [5.74, 6) is 0.330. The number of nitrogens with two attached hydrogens (primary N) is 1. The summed E-state index contributed by atoms with van der Waals surface area (Å²) in [5, 5.41) is 3.81. The van der Waals surface area contributed by atoms with Crippen LogP contribution in [0.5, 0.6) is 0 Å². The molecule has 2 rings (SSSR count). The Morgan fingerprint density at radius 3 is 2.95 bits per heavy atom. The lowest BCUT2D eigenvalue weighted by Gasteiger charge is -2.37. The second-order valence-electron chi connectivity index (χ2n) is 4.87. The molecule has 0 aromatic carbocycles. The molecule has 1 atom stereocenters. The molecule has 0 radical (unpaired) electrons. The van der Waals surface area contributed by atoms with Gasteiger partial charge < -0.3 is 20.9 Å². The summed E-state index contributed by atoms with van der Waals surface area (Å²) in [6.07, 6.45) is 0. The molecular weight excluding hydrogens is 262 g/mol. The van der Waals surface area contributed by atoms with Gasteiger partial charge in [-0.2, -0.15) is 0 Å². The molecule has 1 aromatic rings. The van der Waals surface area contributed by atoms with Crippen LogP contribution in [0.15, 0.2) is 0 Å². The second kappa shape index (κ2) is 5.75. The maximum atomic E-state index is 12.5. The standard InChI is InChI=1S/C12H21N5OS/c1-4-14-12-15-10(13)9(19-12)11(18)17-6-5-16(3)7-8(17)2/h8H,4-7,13H2,1-3H3,(H,14,15). The Balaban J connectivity index is 2.15. The van der Waals surface area contributed by atoms with Crippen molar-refractivity contribution in [3.8, 4) is 0 Å². The van der Waals surface area contributed by atoms with Crippen LogP contribution in [0.3, 0.4) is 0 Å². The first-order valence-corrected chi connectivity index (χ1v) is 7.34. The van der Waals surface area contributed by atoms with Crippen molar-refractivity contribution < 1.29 is 4.79 Å². The molecule has 1 amide bonds. The van der Waals surface area contributed by atoms with E-state index >= 15 is 0 Å². The smallest absolute Gasteiger partial charge is 0.268 e. The number of amides is 1. The zero-order valence-electron chi connectivity index (χ0n) is 11.6. The van der Waals surface area contributed by atoms with Crippen molar-refractivity contribution in [3.05, 3.63) is 4.88 Å². The highest BCUT2D eigenvalue weighted by Gasteiger charge is 2.29. The van der Waals surface area contributed by atoms with E-state index < -0.39 is 0 Å². The quantitative estimate of drug-likeness (QED) is 0.863. The third-order valence-electron chi connectivity index (χ3n) is 3.27. The molecule has 1 aromatic heterocycles. The summed E-state index contributed by atoms with van der Waals surface area (Å²) in [6.45, 7) is 7.35. The normalized spacial score (nSPS) is 20.6. The highest BCUT2D eigenvalue weighted by molar-refractivity contribution is 7.18. The molecule has 6 nitrogen and oxygen atoms in total. The fourth-order valence-electron chi connectivity index (χ4n) is 2.28. The summed E-state index contributed by atoms with van der Waals surface area (Å²) in [5.41, 5.74) is 5.85. The number of nitrogens with one attached hydrogen (secondary N) is 1. The zero-order valence-corrected chi connectivity index (χ0v) is 12.5. The van der Waals surface area contributed by atoms with E-state index in [9.17, 15) is 4.79 Å².